The van der Waals surface area contributed by atoms with Crippen LogP contribution >= 0.6 is 11.8 Å². The number of nitrogens with zero attached hydrogens (tertiary/aromatic N) is 5. The smallest absolute Gasteiger partial charge is 0.339 e. The van der Waals surface area contributed by atoms with E-state index in [1.54, 1.807) is 46.0 Å². The van der Waals surface area contributed by atoms with E-state index in [0.717, 1.165) is 16.7 Å². The Morgan fingerprint density at radius 1 is 1.17 bits per heavy atom. The number of methoxy groups -OCH3 is 1. The second-order valence-corrected chi connectivity index (χ2v) is 12.3. The third-order valence-corrected chi connectivity index (χ3v) is 8.94. The highest BCUT2D eigenvalue weighted by atomic mass is 32.2. The molecule has 1 saturated heterocycles. The van der Waals surface area contributed by atoms with E-state index in [2.05, 4.69) is 15.5 Å². The zero-order chi connectivity index (χ0) is 26.4. The molecule has 0 radical (unpaired) electrons. The van der Waals surface area contributed by atoms with Gasteiger partial charge < -0.3 is 9.47 Å². The van der Waals surface area contributed by atoms with Crippen LogP contribution in [0.1, 0.15) is 31.1 Å². The van der Waals surface area contributed by atoms with E-state index in [4.69, 9.17) is 9.47 Å². The molecule has 2 aliphatic rings. The predicted molar refractivity (Wildman–Crippen MR) is 127 cm³/mol. The van der Waals surface area contributed by atoms with Crippen molar-refractivity contribution in [1.82, 2.24) is 25.1 Å². The van der Waals surface area contributed by atoms with Gasteiger partial charge in [0.25, 0.3) is 5.91 Å². The summed E-state index contributed by atoms with van der Waals surface area (Å²) in [7, 11) is -1.56. The molecule has 0 aliphatic carbocycles. The molecule has 1 aromatic carbocycles. The van der Waals surface area contributed by atoms with Crippen LogP contribution in [0.5, 0.6) is 0 Å². The minimum absolute atomic E-state index is 0.0358. The molecule has 1 unspecified atom stereocenters. The van der Waals surface area contributed by atoms with Crippen LogP contribution in [0.25, 0.3) is 0 Å². The Kier molecular flexibility index (Phi) is 6.79. The molecule has 1 fully saturated rings. The van der Waals surface area contributed by atoms with Gasteiger partial charge in [0, 0.05) is 30.9 Å². The van der Waals surface area contributed by atoms with Gasteiger partial charge in [0.15, 0.2) is 17.3 Å². The van der Waals surface area contributed by atoms with E-state index in [1.807, 2.05) is 0 Å². The monoisotopic (exact) mass is 535 g/mol. The number of β-lactam (4-membered cyclic amide) rings is 1. The van der Waals surface area contributed by atoms with Gasteiger partial charge in [0.05, 0.1) is 11.3 Å². The highest BCUT2D eigenvalue weighted by Gasteiger charge is 2.64. The maximum atomic E-state index is 13.8. The van der Waals surface area contributed by atoms with Crippen molar-refractivity contribution < 1.29 is 32.3 Å². The number of aromatic nitrogens is 4. The van der Waals surface area contributed by atoms with E-state index in [1.165, 1.54) is 23.9 Å². The van der Waals surface area contributed by atoms with Crippen molar-refractivity contribution in [1.29, 1.82) is 0 Å². The van der Waals surface area contributed by atoms with Crippen LogP contribution in [0.3, 0.4) is 0 Å². The molecule has 3 atom stereocenters. The number of hydrogen-bond acceptors (Lipinski definition) is 11. The Bertz CT molecular complexity index is 1350. The number of ketones is 1. The predicted octanol–water partition coefficient (Wildman–Crippen LogP) is 0.966. The van der Waals surface area contributed by atoms with E-state index in [-0.39, 0.29) is 22.6 Å². The molecule has 0 N–H and O–H groups in total. The summed E-state index contributed by atoms with van der Waals surface area (Å²) in [5, 5.41) is 10.0. The second-order valence-electron chi connectivity index (χ2n) is 9.27. The second kappa shape index (κ2) is 9.41. The van der Waals surface area contributed by atoms with Gasteiger partial charge in [-0.3, -0.25) is 14.5 Å². The number of carbonyl (C=O) groups excluding carboxylic acids is 3. The van der Waals surface area contributed by atoms with Gasteiger partial charge in [-0.15, -0.1) is 5.10 Å². The Hall–Kier alpha value is -3.10. The van der Waals surface area contributed by atoms with Crippen molar-refractivity contribution in [2.75, 3.05) is 12.9 Å². The lowest BCUT2D eigenvalue weighted by atomic mass is 9.85. The van der Waals surface area contributed by atoms with E-state index in [0.29, 0.717) is 5.16 Å². The zero-order valence-electron chi connectivity index (χ0n) is 20.2. The van der Waals surface area contributed by atoms with Gasteiger partial charge in [-0.2, -0.15) is 0 Å². The minimum Gasteiger partial charge on any atom is -0.437 e. The minimum atomic E-state index is -4.37. The molecule has 0 saturated carbocycles. The molecule has 12 nitrogen and oxygen atoms in total. The van der Waals surface area contributed by atoms with Crippen LogP contribution in [-0.2, 0) is 35.9 Å². The number of ether oxygens (including phenoxy) is 2. The number of carbonyl (C=O) groups is 3. The number of fused-ring (bicyclic) bond motifs is 1. The Morgan fingerprint density at radius 3 is 2.39 bits per heavy atom. The number of esters is 1. The largest absolute Gasteiger partial charge is 0.437 e. The molecule has 2 aliphatic heterocycles. The molecule has 0 bridgehead atoms. The number of benzene rings is 1. The van der Waals surface area contributed by atoms with Crippen molar-refractivity contribution in [3.8, 4) is 0 Å². The van der Waals surface area contributed by atoms with Crippen LogP contribution < -0.4 is 0 Å². The number of rotatable bonds is 7. The number of Topliss-reactive ketones (excluding diaryl/α,β-unsaturated/α-hetero) is 1. The summed E-state index contributed by atoms with van der Waals surface area (Å²) in [4.78, 5) is 40.5. The van der Waals surface area contributed by atoms with Crippen molar-refractivity contribution >= 4 is 39.3 Å². The van der Waals surface area contributed by atoms with Gasteiger partial charge in [-0.05, 0) is 22.6 Å². The van der Waals surface area contributed by atoms with Gasteiger partial charge >= 0.3 is 5.97 Å². The molecule has 2 aromatic rings. The summed E-state index contributed by atoms with van der Waals surface area (Å²) in [6.07, 6.45) is -1.33. The number of allylic oxidation sites excluding steroid dienone is 1. The number of tetrazole rings is 1. The van der Waals surface area contributed by atoms with Gasteiger partial charge in [-0.25, -0.2) is 17.9 Å². The molecule has 36 heavy (non-hydrogen) atoms. The summed E-state index contributed by atoms with van der Waals surface area (Å²) in [6, 6.07) is 7.90. The van der Waals surface area contributed by atoms with Crippen molar-refractivity contribution in [3.05, 3.63) is 47.2 Å². The van der Waals surface area contributed by atoms with E-state index >= 15 is 0 Å². The molecule has 0 spiro atoms. The maximum absolute atomic E-state index is 13.8. The summed E-state index contributed by atoms with van der Waals surface area (Å²) < 4.78 is 39.6. The van der Waals surface area contributed by atoms with E-state index < -0.39 is 49.8 Å². The van der Waals surface area contributed by atoms with Crippen LogP contribution in [-0.4, -0.2) is 81.0 Å². The Labute approximate surface area is 211 Å². The average Bonchev–Trinajstić information content (AvgIpc) is 3.23. The first-order chi connectivity index (χ1) is 16.9. The van der Waals surface area contributed by atoms with Gasteiger partial charge in [-0.1, -0.05) is 50.7 Å². The molecular weight excluding hydrogens is 510 g/mol. The fraction of sp³-hybridized carbons (Fsp3) is 0.455. The van der Waals surface area contributed by atoms with Gasteiger partial charge in [0.2, 0.25) is 20.4 Å². The van der Waals surface area contributed by atoms with Crippen LogP contribution in [0.2, 0.25) is 0 Å². The molecule has 192 valence electrons. The lowest BCUT2D eigenvalue weighted by Gasteiger charge is -2.51. The fourth-order valence-electron chi connectivity index (χ4n) is 3.91. The fourth-order valence-corrected chi connectivity index (χ4v) is 7.05. The quantitative estimate of drug-likeness (QED) is 0.283. The van der Waals surface area contributed by atoms with Crippen molar-refractivity contribution in [2.24, 2.45) is 12.5 Å². The SMILES string of the molecule is CO[C@H]1C(=O)N2C(C(=O)C(C)(C)C)=C(CSc3nnnn3C)C(OC(=O)c3ccccc3)S(=O)(=O)[C@H]12. The van der Waals surface area contributed by atoms with Crippen LogP contribution in [0, 0.1) is 5.41 Å². The van der Waals surface area contributed by atoms with Gasteiger partial charge in [0.1, 0.15) is 0 Å². The first-order valence-electron chi connectivity index (χ1n) is 10.9. The third-order valence-electron chi connectivity index (χ3n) is 5.77. The number of hydrogen-bond donors (Lipinski definition) is 0. The Balaban J connectivity index is 1.88. The number of amides is 1. The average molecular weight is 536 g/mol. The topological polar surface area (TPSA) is 151 Å². The normalized spacial score (nSPS) is 23.2. The summed E-state index contributed by atoms with van der Waals surface area (Å²) in [5.74, 6) is -2.15. The molecule has 14 heteroatoms. The van der Waals surface area contributed by atoms with Crippen LogP contribution in [0.15, 0.2) is 46.8 Å². The number of aryl methyl sites for hydroxylation is 1. The number of sulfone groups is 1. The first-order valence-corrected chi connectivity index (χ1v) is 13.5. The summed E-state index contributed by atoms with van der Waals surface area (Å²) in [6.45, 7) is 4.96. The maximum Gasteiger partial charge on any atom is 0.339 e. The molecule has 4 rings (SSSR count). The molecular formula is C22H25N5O7S2. The van der Waals surface area contributed by atoms with Crippen LogP contribution in [0.4, 0.5) is 0 Å². The van der Waals surface area contributed by atoms with E-state index in [9.17, 15) is 22.8 Å². The molecule has 1 amide bonds. The third kappa shape index (κ3) is 4.33. The highest BCUT2D eigenvalue weighted by molar-refractivity contribution is 7.99. The zero-order valence-corrected chi connectivity index (χ0v) is 21.9. The summed E-state index contributed by atoms with van der Waals surface area (Å²) >= 11 is 1.05. The Morgan fingerprint density at radius 2 is 1.83 bits per heavy atom. The molecule has 1 aromatic heterocycles. The summed E-state index contributed by atoms with van der Waals surface area (Å²) in [5.41, 5.74) is -2.82. The van der Waals surface area contributed by atoms with Crippen molar-refractivity contribution in [2.45, 2.75) is 42.8 Å². The number of thioether (sulfide) groups is 1. The van der Waals surface area contributed by atoms with Crippen molar-refractivity contribution in [3.63, 3.8) is 0 Å². The highest BCUT2D eigenvalue weighted by Crippen LogP contribution is 2.45. The lowest BCUT2D eigenvalue weighted by Crippen LogP contribution is -2.72. The standard InChI is InChI=1S/C22H25N5O7S2/c1-22(2,3)16(28)14-13(11-35-21-23-24-25-26(21)4)20(34-19(30)12-9-7-6-8-10-12)36(31,32)18-15(33-5)17(29)27(14)18/h6-10,15,18,20H,11H2,1-5H3/t15-,18+,20?/m0/s1. The lowest BCUT2D eigenvalue weighted by molar-refractivity contribution is -0.161. The first kappa shape index (κ1) is 26.0. The molecule has 3 heterocycles.